The number of carbonyl (C=O) groups is 1. The van der Waals surface area contributed by atoms with Gasteiger partial charge in [0.05, 0.1) is 0 Å². The monoisotopic (exact) mass is 234 g/mol. The molecule has 0 aliphatic heterocycles. The number of hydrogen-bond donors (Lipinski definition) is 2. The van der Waals surface area contributed by atoms with E-state index in [0.29, 0.717) is 0 Å². The van der Waals surface area contributed by atoms with Crippen LogP contribution in [0, 0.1) is 0 Å². The Kier molecular flexibility index (Phi) is 11.5. The van der Waals surface area contributed by atoms with Gasteiger partial charge in [-0.1, -0.05) is 0 Å². The summed E-state index contributed by atoms with van der Waals surface area (Å²) in [5.74, 6) is 0.262. The number of phenolic OH excluding ortho intramolecular Hbond substituents is 1. The van der Waals surface area contributed by atoms with E-state index in [2.05, 4.69) is 4.74 Å². The van der Waals surface area contributed by atoms with E-state index in [1.165, 1.54) is 24.3 Å². The van der Waals surface area contributed by atoms with Gasteiger partial charge in [0.25, 0.3) is 0 Å². The molecule has 1 rings (SSSR count). The molecule has 1 aromatic carbocycles. The summed E-state index contributed by atoms with van der Waals surface area (Å²) in [5, 5.41) is 16.9. The molecule has 0 aliphatic carbocycles. The van der Waals surface area contributed by atoms with E-state index in [4.69, 9.17) is 10.2 Å². The Balaban J connectivity index is 0. The molecule has 0 aromatic heterocycles. The van der Waals surface area contributed by atoms with E-state index in [-0.39, 0.29) is 114 Å². The Morgan fingerprint density at radius 1 is 1.15 bits per heavy atom. The van der Waals surface area contributed by atoms with Crippen LogP contribution in [0.25, 0.3) is 0 Å². The summed E-state index contributed by atoms with van der Waals surface area (Å²) in [7, 11) is 0. The van der Waals surface area contributed by atoms with E-state index in [0.717, 1.165) is 0 Å². The number of benzene rings is 1. The predicted octanol–water partition coefficient (Wildman–Crippen LogP) is 0.152. The molecule has 0 unspecified atom stereocenters. The van der Waals surface area contributed by atoms with Crippen LogP contribution in [0.2, 0.25) is 0 Å². The molecule has 4 nitrogen and oxygen atoms in total. The number of carboxylic acid groups (broad SMARTS) is 1. The van der Waals surface area contributed by atoms with Crippen molar-refractivity contribution < 1.29 is 19.7 Å². The first kappa shape index (κ1) is 17.0. The zero-order chi connectivity index (χ0) is 8.27. The van der Waals surface area contributed by atoms with Crippen LogP contribution in [0.4, 0.5) is 4.79 Å². The fourth-order valence-corrected chi connectivity index (χ4v) is 0.615. The van der Waals surface area contributed by atoms with Gasteiger partial charge in [-0.3, -0.25) is 0 Å². The molecular formula is C7H8K2O4. The van der Waals surface area contributed by atoms with E-state index >= 15 is 0 Å². The second-order valence-electron chi connectivity index (χ2n) is 1.86. The zero-order valence-corrected chi connectivity index (χ0v) is 5.52. The van der Waals surface area contributed by atoms with Crippen LogP contribution in [0.3, 0.4) is 0 Å². The maximum absolute atomic E-state index is 9.97. The van der Waals surface area contributed by atoms with Crippen LogP contribution in [0.5, 0.6) is 11.5 Å². The quantitative estimate of drug-likeness (QED) is 0.412. The Labute approximate surface area is 161 Å². The van der Waals surface area contributed by atoms with Crippen LogP contribution >= 0.6 is 0 Å². The molecular weight excluding hydrogens is 226 g/mol. The van der Waals surface area contributed by atoms with Gasteiger partial charge in [0.1, 0.15) is 11.5 Å². The van der Waals surface area contributed by atoms with Crippen LogP contribution in [0.1, 0.15) is 0 Å². The van der Waals surface area contributed by atoms with Crippen molar-refractivity contribution in [2.75, 3.05) is 0 Å². The van der Waals surface area contributed by atoms with Crippen molar-refractivity contribution in [3.63, 3.8) is 0 Å². The number of ether oxygens (including phenoxy) is 1. The molecule has 0 heterocycles. The van der Waals surface area contributed by atoms with Crippen molar-refractivity contribution in [1.29, 1.82) is 0 Å². The predicted molar refractivity (Wildman–Crippen MR) is 51.1 cm³/mol. The molecule has 0 saturated carbocycles. The molecule has 0 bridgehead atoms. The van der Waals surface area contributed by atoms with Crippen molar-refractivity contribution in [1.82, 2.24) is 0 Å². The van der Waals surface area contributed by atoms with Crippen LogP contribution < -0.4 is 4.74 Å². The molecule has 13 heavy (non-hydrogen) atoms. The minimum absolute atomic E-state index is 0. The molecule has 2 N–H and O–H groups in total. The molecule has 0 atom stereocenters. The van der Waals surface area contributed by atoms with Gasteiger partial charge in [0.15, 0.2) is 0 Å². The first-order valence-electron chi connectivity index (χ1n) is 2.88. The van der Waals surface area contributed by atoms with E-state index in [1.54, 1.807) is 0 Å². The Morgan fingerprint density at radius 3 is 2.00 bits per heavy atom. The molecule has 0 radical (unpaired) electrons. The van der Waals surface area contributed by atoms with Crippen molar-refractivity contribution in [3.05, 3.63) is 24.3 Å². The van der Waals surface area contributed by atoms with Crippen molar-refractivity contribution in [2.45, 2.75) is 0 Å². The Hall–Kier alpha value is 1.56. The molecule has 0 amide bonds. The average molecular weight is 234 g/mol. The van der Waals surface area contributed by atoms with Gasteiger partial charge in [-0.25, -0.2) is 4.79 Å². The molecule has 0 aliphatic rings. The molecule has 0 spiro atoms. The topological polar surface area (TPSA) is 66.8 Å². The standard InChI is InChI=1S/C7H6O4.2K.2H/c8-5-1-3-6(4-2-5)11-7(9)10;;;;/h1-4,8H,(H,9,10);;;;. The third-order valence-electron chi connectivity index (χ3n) is 1.04. The normalized spacial score (nSPS) is 7.69. The van der Waals surface area contributed by atoms with Gasteiger partial charge in [-0.2, -0.15) is 0 Å². The summed E-state index contributed by atoms with van der Waals surface area (Å²) in [6, 6.07) is 5.42. The van der Waals surface area contributed by atoms with Crippen molar-refractivity contribution >= 4 is 109 Å². The second-order valence-corrected chi connectivity index (χ2v) is 1.86. The Bertz CT molecular complexity index is 260. The van der Waals surface area contributed by atoms with Gasteiger partial charge < -0.3 is 14.9 Å². The molecule has 0 fully saturated rings. The summed E-state index contributed by atoms with van der Waals surface area (Å²) in [5.41, 5.74) is 0. The first-order chi connectivity index (χ1) is 5.18. The Morgan fingerprint density at radius 2 is 1.62 bits per heavy atom. The second kappa shape index (κ2) is 8.84. The van der Waals surface area contributed by atoms with E-state index < -0.39 is 6.16 Å². The van der Waals surface area contributed by atoms with Crippen LogP contribution in [-0.2, 0) is 0 Å². The maximum atomic E-state index is 9.97. The van der Waals surface area contributed by atoms with Crippen LogP contribution in [0.15, 0.2) is 24.3 Å². The summed E-state index contributed by atoms with van der Waals surface area (Å²) in [6.07, 6.45) is -1.37. The van der Waals surface area contributed by atoms with Gasteiger partial charge >= 0.3 is 109 Å². The number of phenols is 1. The van der Waals surface area contributed by atoms with E-state index in [9.17, 15) is 4.79 Å². The van der Waals surface area contributed by atoms with E-state index in [1.807, 2.05) is 0 Å². The van der Waals surface area contributed by atoms with Gasteiger partial charge in [0, 0.05) is 0 Å². The fraction of sp³-hybridized carbons (Fsp3) is 0. The first-order valence-corrected chi connectivity index (χ1v) is 2.88. The molecule has 62 valence electrons. The zero-order valence-electron chi connectivity index (χ0n) is 5.52. The molecule has 6 heteroatoms. The fourth-order valence-electron chi connectivity index (χ4n) is 0.615. The molecule has 1 aromatic rings. The number of rotatable bonds is 1. The van der Waals surface area contributed by atoms with Crippen molar-refractivity contribution in [3.8, 4) is 11.5 Å². The number of hydrogen-bond acceptors (Lipinski definition) is 3. The van der Waals surface area contributed by atoms with Gasteiger partial charge in [0.2, 0.25) is 0 Å². The number of aromatic hydroxyl groups is 1. The molecule has 0 saturated heterocycles. The average Bonchev–Trinajstić information content (AvgIpc) is 1.93. The van der Waals surface area contributed by atoms with Gasteiger partial charge in [-0.15, -0.1) is 0 Å². The third-order valence-corrected chi connectivity index (χ3v) is 1.04. The minimum atomic E-state index is -1.37. The summed E-state index contributed by atoms with van der Waals surface area (Å²) < 4.78 is 4.27. The van der Waals surface area contributed by atoms with Gasteiger partial charge in [-0.05, 0) is 24.3 Å². The van der Waals surface area contributed by atoms with Crippen molar-refractivity contribution in [2.24, 2.45) is 0 Å². The SMILES string of the molecule is O=C(O)Oc1ccc(O)cc1.[KH].[KH]. The summed E-state index contributed by atoms with van der Waals surface area (Å²) in [6.45, 7) is 0. The summed E-state index contributed by atoms with van der Waals surface area (Å²) >= 11 is 0. The van der Waals surface area contributed by atoms with Crippen LogP contribution in [-0.4, -0.2) is 119 Å². The summed E-state index contributed by atoms with van der Waals surface area (Å²) in [4.78, 5) is 9.97. The third kappa shape index (κ3) is 7.49.